The van der Waals surface area contributed by atoms with Gasteiger partial charge in [0.2, 0.25) is 5.91 Å². The molecule has 0 aromatic heterocycles. The Hall–Kier alpha value is -2.04. The van der Waals surface area contributed by atoms with Crippen molar-refractivity contribution in [1.82, 2.24) is 5.32 Å². The van der Waals surface area contributed by atoms with Gasteiger partial charge in [0.25, 0.3) is 0 Å². The molecule has 2 atom stereocenters. The molecule has 2 rings (SSSR count). The number of carboxylic acids is 1. The van der Waals surface area contributed by atoms with Crippen molar-refractivity contribution in [2.45, 2.75) is 45.4 Å². The third kappa shape index (κ3) is 4.24. The highest BCUT2D eigenvalue weighted by Crippen LogP contribution is 2.36. The highest BCUT2D eigenvalue weighted by Gasteiger charge is 2.29. The van der Waals surface area contributed by atoms with Crippen LogP contribution in [0, 0.1) is 11.8 Å². The molecule has 5 nitrogen and oxygen atoms in total. The van der Waals surface area contributed by atoms with Gasteiger partial charge in [-0.05, 0) is 48.8 Å². The van der Waals surface area contributed by atoms with Gasteiger partial charge < -0.3 is 15.5 Å². The molecule has 0 saturated carbocycles. The highest BCUT2D eigenvalue weighted by atomic mass is 16.4. The maximum absolute atomic E-state index is 12.5. The van der Waals surface area contributed by atoms with E-state index in [-0.39, 0.29) is 30.0 Å². The molecule has 0 heterocycles. The Balaban J connectivity index is 2.05. The van der Waals surface area contributed by atoms with Gasteiger partial charge in [-0.15, -0.1) is 0 Å². The fourth-order valence-electron chi connectivity index (χ4n) is 3.29. The summed E-state index contributed by atoms with van der Waals surface area (Å²) in [7, 11) is 0. The number of aliphatic carboxylic acids is 1. The van der Waals surface area contributed by atoms with Crippen LogP contribution in [0.3, 0.4) is 0 Å². The normalized spacial score (nSPS) is 18.3. The number of fused-ring (bicyclic) bond motifs is 1. The van der Waals surface area contributed by atoms with Gasteiger partial charge in [0.1, 0.15) is 5.75 Å². The zero-order valence-corrected chi connectivity index (χ0v) is 13.7. The zero-order chi connectivity index (χ0) is 17.0. The first kappa shape index (κ1) is 17.3. The Morgan fingerprint density at radius 3 is 2.74 bits per heavy atom. The monoisotopic (exact) mass is 319 g/mol. The summed E-state index contributed by atoms with van der Waals surface area (Å²) in [4.78, 5) is 23.8. The van der Waals surface area contributed by atoms with E-state index in [0.717, 1.165) is 30.4 Å². The van der Waals surface area contributed by atoms with Crippen LogP contribution >= 0.6 is 0 Å². The molecule has 0 saturated heterocycles. The lowest BCUT2D eigenvalue weighted by Gasteiger charge is -2.26. The second-order valence-corrected chi connectivity index (χ2v) is 6.70. The van der Waals surface area contributed by atoms with Crippen molar-refractivity contribution >= 4 is 11.9 Å². The van der Waals surface area contributed by atoms with Crippen molar-refractivity contribution in [1.29, 1.82) is 0 Å². The molecule has 3 N–H and O–H groups in total. The topological polar surface area (TPSA) is 86.6 Å². The quantitative estimate of drug-likeness (QED) is 0.752. The van der Waals surface area contributed by atoms with E-state index in [9.17, 15) is 19.8 Å². The minimum absolute atomic E-state index is 0.147. The van der Waals surface area contributed by atoms with Crippen LogP contribution in [-0.2, 0) is 16.0 Å². The molecule has 1 aliphatic rings. The predicted molar refractivity (Wildman–Crippen MR) is 87.4 cm³/mol. The molecule has 23 heavy (non-hydrogen) atoms. The standard InChI is InChI=1S/C18H25NO4/c1-11(2)9-12(18(22)23)10-19-17(21)15-7-3-6-14-13(15)5-4-8-16(14)20/h4-5,8,11-12,15,20H,3,6-7,9-10H2,1-2H3,(H,19,21)(H,22,23)/t12-,15-/m0/s1. The van der Waals surface area contributed by atoms with Gasteiger partial charge in [-0.3, -0.25) is 9.59 Å². The lowest BCUT2D eigenvalue weighted by Crippen LogP contribution is -2.37. The summed E-state index contributed by atoms with van der Waals surface area (Å²) in [6, 6.07) is 5.27. The average molecular weight is 319 g/mol. The predicted octanol–water partition coefficient (Wildman–Crippen LogP) is 2.68. The second-order valence-electron chi connectivity index (χ2n) is 6.70. The number of carbonyl (C=O) groups excluding carboxylic acids is 1. The van der Waals surface area contributed by atoms with E-state index >= 15 is 0 Å². The van der Waals surface area contributed by atoms with Crippen LogP contribution in [0.2, 0.25) is 0 Å². The Morgan fingerprint density at radius 1 is 1.35 bits per heavy atom. The number of phenols is 1. The maximum atomic E-state index is 12.5. The number of carbonyl (C=O) groups is 2. The second kappa shape index (κ2) is 7.49. The molecular weight excluding hydrogens is 294 g/mol. The van der Waals surface area contributed by atoms with Crippen LogP contribution in [0.15, 0.2) is 18.2 Å². The van der Waals surface area contributed by atoms with Gasteiger partial charge >= 0.3 is 5.97 Å². The molecule has 0 radical (unpaired) electrons. The summed E-state index contributed by atoms with van der Waals surface area (Å²) in [5.74, 6) is -1.39. The third-order valence-corrected chi connectivity index (χ3v) is 4.43. The van der Waals surface area contributed by atoms with Gasteiger partial charge in [0, 0.05) is 6.54 Å². The van der Waals surface area contributed by atoms with Crippen LogP contribution in [0.4, 0.5) is 0 Å². The molecule has 1 aliphatic carbocycles. The lowest BCUT2D eigenvalue weighted by atomic mass is 9.81. The molecule has 5 heteroatoms. The highest BCUT2D eigenvalue weighted by molar-refractivity contribution is 5.85. The fraction of sp³-hybridized carbons (Fsp3) is 0.556. The summed E-state index contributed by atoms with van der Waals surface area (Å²) in [6.45, 7) is 4.09. The Bertz CT molecular complexity index is 582. The molecule has 1 amide bonds. The first-order valence-corrected chi connectivity index (χ1v) is 8.21. The summed E-state index contributed by atoms with van der Waals surface area (Å²) >= 11 is 0. The van der Waals surface area contributed by atoms with Crippen molar-refractivity contribution in [3.8, 4) is 5.75 Å². The fourth-order valence-corrected chi connectivity index (χ4v) is 3.29. The number of nitrogens with one attached hydrogen (secondary N) is 1. The number of aromatic hydroxyl groups is 1. The van der Waals surface area contributed by atoms with Crippen molar-refractivity contribution in [2.75, 3.05) is 6.54 Å². The van der Waals surface area contributed by atoms with Crippen LogP contribution < -0.4 is 5.32 Å². The van der Waals surface area contributed by atoms with Crippen molar-refractivity contribution < 1.29 is 19.8 Å². The number of rotatable bonds is 6. The van der Waals surface area contributed by atoms with Gasteiger partial charge in [-0.2, -0.15) is 0 Å². The number of hydrogen-bond donors (Lipinski definition) is 3. The van der Waals surface area contributed by atoms with E-state index in [1.165, 1.54) is 0 Å². The number of carboxylic acid groups (broad SMARTS) is 1. The van der Waals surface area contributed by atoms with Crippen molar-refractivity contribution in [2.24, 2.45) is 11.8 Å². The van der Waals surface area contributed by atoms with E-state index in [4.69, 9.17) is 0 Å². The number of amides is 1. The van der Waals surface area contributed by atoms with E-state index in [1.54, 1.807) is 12.1 Å². The summed E-state index contributed by atoms with van der Waals surface area (Å²) < 4.78 is 0. The molecule has 1 aromatic carbocycles. The smallest absolute Gasteiger partial charge is 0.308 e. The maximum Gasteiger partial charge on any atom is 0.308 e. The van der Waals surface area contributed by atoms with Crippen molar-refractivity contribution in [3.63, 3.8) is 0 Å². The summed E-state index contributed by atoms with van der Waals surface area (Å²) in [5, 5.41) is 22.0. The van der Waals surface area contributed by atoms with E-state index in [1.807, 2.05) is 19.9 Å². The largest absolute Gasteiger partial charge is 0.508 e. The summed E-state index contributed by atoms with van der Waals surface area (Å²) in [6.07, 6.45) is 2.88. The van der Waals surface area contributed by atoms with Crippen LogP contribution in [-0.4, -0.2) is 28.6 Å². The molecule has 0 unspecified atom stereocenters. The van der Waals surface area contributed by atoms with Crippen LogP contribution in [0.1, 0.15) is 50.2 Å². The van der Waals surface area contributed by atoms with Crippen LogP contribution in [0.5, 0.6) is 5.75 Å². The van der Waals surface area contributed by atoms with Gasteiger partial charge in [-0.1, -0.05) is 26.0 Å². The van der Waals surface area contributed by atoms with Crippen LogP contribution in [0.25, 0.3) is 0 Å². The minimum Gasteiger partial charge on any atom is -0.508 e. The van der Waals surface area contributed by atoms with Gasteiger partial charge in [-0.25, -0.2) is 0 Å². The Morgan fingerprint density at radius 2 is 2.09 bits per heavy atom. The molecule has 0 spiro atoms. The van der Waals surface area contributed by atoms with E-state index in [2.05, 4.69) is 5.32 Å². The van der Waals surface area contributed by atoms with Crippen molar-refractivity contribution in [3.05, 3.63) is 29.3 Å². The average Bonchev–Trinajstić information content (AvgIpc) is 2.50. The van der Waals surface area contributed by atoms with E-state index in [0.29, 0.717) is 6.42 Å². The lowest BCUT2D eigenvalue weighted by molar-refractivity contribution is -0.142. The Labute approximate surface area is 136 Å². The number of hydrogen-bond acceptors (Lipinski definition) is 3. The third-order valence-electron chi connectivity index (χ3n) is 4.43. The molecule has 0 aliphatic heterocycles. The summed E-state index contributed by atoms with van der Waals surface area (Å²) in [5.41, 5.74) is 1.71. The zero-order valence-electron chi connectivity index (χ0n) is 13.7. The molecule has 126 valence electrons. The van der Waals surface area contributed by atoms with E-state index < -0.39 is 11.9 Å². The molecule has 1 aromatic rings. The molecule has 0 bridgehead atoms. The van der Waals surface area contributed by atoms with Gasteiger partial charge in [0.05, 0.1) is 11.8 Å². The Kier molecular flexibility index (Phi) is 5.64. The molecule has 0 fully saturated rings. The SMILES string of the molecule is CC(C)C[C@@H](CNC(=O)[C@H]1CCCc2c(O)cccc21)C(=O)O. The first-order chi connectivity index (χ1) is 10.9. The molecular formula is C18H25NO4. The first-order valence-electron chi connectivity index (χ1n) is 8.21. The minimum atomic E-state index is -0.874. The number of phenolic OH excluding ortho intramolecular Hbond substituents is 1. The van der Waals surface area contributed by atoms with Gasteiger partial charge in [0.15, 0.2) is 0 Å². The number of benzene rings is 1.